The maximum absolute atomic E-state index is 12.7. The number of nitriles is 1. The van der Waals surface area contributed by atoms with Crippen LogP contribution >= 0.6 is 11.8 Å². The maximum Gasteiger partial charge on any atom is 0.247 e. The Balaban J connectivity index is 1.90. The molecule has 120 valence electrons. The Kier molecular flexibility index (Phi) is 4.36. The van der Waals surface area contributed by atoms with Crippen LogP contribution in [0.1, 0.15) is 23.2 Å². The Labute approximate surface area is 144 Å². The first-order valence-corrected chi connectivity index (χ1v) is 8.36. The van der Waals surface area contributed by atoms with Crippen LogP contribution in [-0.2, 0) is 9.59 Å². The van der Waals surface area contributed by atoms with Gasteiger partial charge in [-0.05, 0) is 37.6 Å². The van der Waals surface area contributed by atoms with E-state index < -0.39 is 5.25 Å². The second-order valence-electron chi connectivity index (χ2n) is 5.59. The third-order valence-electron chi connectivity index (χ3n) is 3.80. The van der Waals surface area contributed by atoms with E-state index >= 15 is 0 Å². The third kappa shape index (κ3) is 2.91. The zero-order valence-corrected chi connectivity index (χ0v) is 14.1. The van der Waals surface area contributed by atoms with Crippen LogP contribution in [0.4, 0.5) is 5.69 Å². The van der Waals surface area contributed by atoms with Crippen molar-refractivity contribution in [3.05, 3.63) is 53.2 Å². The average molecular weight is 337 g/mol. The van der Waals surface area contributed by atoms with Gasteiger partial charge < -0.3 is 0 Å². The molecule has 2 amide bonds. The smallest absolute Gasteiger partial charge is 0.247 e. The van der Waals surface area contributed by atoms with E-state index in [0.29, 0.717) is 16.3 Å². The van der Waals surface area contributed by atoms with Crippen molar-refractivity contribution < 1.29 is 9.59 Å². The summed E-state index contributed by atoms with van der Waals surface area (Å²) >= 11 is 1.20. The lowest BCUT2D eigenvalue weighted by Crippen LogP contribution is -2.31. The number of aryl methyl sites for hydroxylation is 2. The SMILES string of the molecule is Cc1cc(C)c(C#N)c(S[C@H]2CC(=O)N(c3ccccc3)C2=O)n1. The number of amides is 2. The second kappa shape index (κ2) is 6.46. The second-order valence-corrected chi connectivity index (χ2v) is 6.78. The van der Waals surface area contributed by atoms with Crippen molar-refractivity contribution >= 4 is 29.3 Å². The molecule has 0 bridgehead atoms. The van der Waals surface area contributed by atoms with E-state index in [2.05, 4.69) is 11.1 Å². The summed E-state index contributed by atoms with van der Waals surface area (Å²) < 4.78 is 0. The van der Waals surface area contributed by atoms with Gasteiger partial charge in [-0.3, -0.25) is 9.59 Å². The molecular formula is C18H15N3O2S. The normalized spacial score (nSPS) is 17.2. The first-order chi connectivity index (χ1) is 11.5. The Morgan fingerprint density at radius 1 is 1.25 bits per heavy atom. The van der Waals surface area contributed by atoms with Crippen LogP contribution < -0.4 is 4.90 Å². The van der Waals surface area contributed by atoms with Crippen molar-refractivity contribution in [1.82, 2.24) is 4.98 Å². The quantitative estimate of drug-likeness (QED) is 0.805. The van der Waals surface area contributed by atoms with E-state index in [1.807, 2.05) is 26.0 Å². The van der Waals surface area contributed by atoms with Gasteiger partial charge in [0.2, 0.25) is 11.8 Å². The van der Waals surface area contributed by atoms with Gasteiger partial charge in [0.15, 0.2) is 0 Å². The fraction of sp³-hybridized carbons (Fsp3) is 0.222. The van der Waals surface area contributed by atoms with Gasteiger partial charge >= 0.3 is 0 Å². The number of pyridine rings is 1. The number of thioether (sulfide) groups is 1. The van der Waals surface area contributed by atoms with Crippen LogP contribution in [0.25, 0.3) is 0 Å². The molecule has 1 aliphatic heterocycles. The highest BCUT2D eigenvalue weighted by Gasteiger charge is 2.40. The largest absolute Gasteiger partial charge is 0.274 e. The Morgan fingerprint density at radius 2 is 1.96 bits per heavy atom. The van der Waals surface area contributed by atoms with Gasteiger partial charge in [-0.1, -0.05) is 30.0 Å². The van der Waals surface area contributed by atoms with Crippen LogP contribution in [0.15, 0.2) is 41.4 Å². The van der Waals surface area contributed by atoms with E-state index in [1.54, 1.807) is 24.3 Å². The molecule has 0 unspecified atom stereocenters. The molecule has 2 aromatic rings. The third-order valence-corrected chi connectivity index (χ3v) is 4.97. The minimum absolute atomic E-state index is 0.109. The number of carbonyl (C=O) groups excluding carboxylic acids is 2. The molecule has 0 radical (unpaired) electrons. The zero-order chi connectivity index (χ0) is 17.3. The number of benzene rings is 1. The number of aromatic nitrogens is 1. The van der Waals surface area contributed by atoms with Crippen LogP contribution in [0.5, 0.6) is 0 Å². The van der Waals surface area contributed by atoms with Crippen LogP contribution in [-0.4, -0.2) is 22.0 Å². The molecular weight excluding hydrogens is 322 g/mol. The highest BCUT2D eigenvalue weighted by Crippen LogP contribution is 2.35. The lowest BCUT2D eigenvalue weighted by molar-refractivity contribution is -0.121. The minimum Gasteiger partial charge on any atom is -0.274 e. The molecule has 1 aliphatic rings. The summed E-state index contributed by atoms with van der Waals surface area (Å²) in [5.41, 5.74) is 2.64. The molecule has 0 N–H and O–H groups in total. The number of nitrogens with zero attached hydrogens (tertiary/aromatic N) is 3. The van der Waals surface area contributed by atoms with Crippen LogP contribution in [0.3, 0.4) is 0 Å². The molecule has 0 saturated carbocycles. The molecule has 24 heavy (non-hydrogen) atoms. The van der Waals surface area contributed by atoms with Gasteiger partial charge in [-0.25, -0.2) is 9.88 Å². The molecule has 0 aliphatic carbocycles. The first-order valence-electron chi connectivity index (χ1n) is 7.48. The number of carbonyl (C=O) groups is 2. The lowest BCUT2D eigenvalue weighted by atomic mass is 10.1. The molecule has 6 heteroatoms. The van der Waals surface area contributed by atoms with Gasteiger partial charge in [-0.2, -0.15) is 5.26 Å². The number of hydrogen-bond donors (Lipinski definition) is 0. The van der Waals surface area contributed by atoms with Crippen molar-refractivity contribution in [3.63, 3.8) is 0 Å². The highest BCUT2D eigenvalue weighted by molar-refractivity contribution is 8.00. The van der Waals surface area contributed by atoms with Crippen LogP contribution in [0, 0.1) is 25.2 Å². The molecule has 1 atom stereocenters. The van der Waals surface area contributed by atoms with Gasteiger partial charge in [-0.15, -0.1) is 0 Å². The Hall–Kier alpha value is -2.65. The number of hydrogen-bond acceptors (Lipinski definition) is 5. The molecule has 1 fully saturated rings. The summed E-state index contributed by atoms with van der Waals surface area (Å²) in [7, 11) is 0. The average Bonchev–Trinajstić information content (AvgIpc) is 2.82. The Morgan fingerprint density at radius 3 is 2.62 bits per heavy atom. The van der Waals surface area contributed by atoms with E-state index in [1.165, 1.54) is 16.7 Å². The van der Waals surface area contributed by atoms with Gasteiger partial charge in [0.05, 0.1) is 16.5 Å². The topological polar surface area (TPSA) is 74.1 Å². The molecule has 2 heterocycles. The van der Waals surface area contributed by atoms with Gasteiger partial charge in [0.25, 0.3) is 0 Å². The molecule has 1 aromatic heterocycles. The van der Waals surface area contributed by atoms with E-state index in [4.69, 9.17) is 0 Å². The number of imide groups is 1. The minimum atomic E-state index is -0.557. The summed E-state index contributed by atoms with van der Waals surface area (Å²) in [6.07, 6.45) is 0.109. The highest BCUT2D eigenvalue weighted by atomic mass is 32.2. The van der Waals surface area contributed by atoms with Crippen molar-refractivity contribution in [2.45, 2.75) is 30.5 Å². The number of para-hydroxylation sites is 1. The predicted octanol–water partition coefficient (Wildman–Crippen LogP) is 2.99. The summed E-state index contributed by atoms with van der Waals surface area (Å²) in [6.45, 7) is 3.69. The molecule has 5 nitrogen and oxygen atoms in total. The summed E-state index contributed by atoms with van der Waals surface area (Å²) in [4.78, 5) is 30.5. The maximum atomic E-state index is 12.7. The van der Waals surface area contributed by atoms with Crippen molar-refractivity contribution in [2.75, 3.05) is 4.90 Å². The van der Waals surface area contributed by atoms with Crippen molar-refractivity contribution in [1.29, 1.82) is 5.26 Å². The number of rotatable bonds is 3. The fourth-order valence-corrected chi connectivity index (χ4v) is 3.93. The molecule has 1 aromatic carbocycles. The zero-order valence-electron chi connectivity index (χ0n) is 13.3. The lowest BCUT2D eigenvalue weighted by Gasteiger charge is -2.15. The van der Waals surface area contributed by atoms with Crippen molar-refractivity contribution in [3.8, 4) is 6.07 Å². The van der Waals surface area contributed by atoms with Gasteiger partial charge in [0, 0.05) is 12.1 Å². The molecule has 1 saturated heterocycles. The standard InChI is InChI=1S/C18H15N3O2S/c1-11-8-12(2)20-17(14(11)10-19)24-15-9-16(22)21(18(15)23)13-6-4-3-5-7-13/h3-8,15H,9H2,1-2H3/t15-/m0/s1. The summed E-state index contributed by atoms with van der Waals surface area (Å²) in [5, 5.41) is 9.30. The number of anilines is 1. The Bertz CT molecular complexity index is 859. The van der Waals surface area contributed by atoms with E-state index in [-0.39, 0.29) is 18.2 Å². The fourth-order valence-electron chi connectivity index (χ4n) is 2.70. The van der Waals surface area contributed by atoms with Crippen LogP contribution in [0.2, 0.25) is 0 Å². The molecule has 3 rings (SSSR count). The monoisotopic (exact) mass is 337 g/mol. The summed E-state index contributed by atoms with van der Waals surface area (Å²) in [5.74, 6) is -0.493. The van der Waals surface area contributed by atoms with E-state index in [0.717, 1.165) is 11.3 Å². The van der Waals surface area contributed by atoms with E-state index in [9.17, 15) is 14.9 Å². The van der Waals surface area contributed by atoms with Gasteiger partial charge in [0.1, 0.15) is 11.1 Å². The first kappa shape index (κ1) is 16.2. The predicted molar refractivity (Wildman–Crippen MR) is 91.6 cm³/mol. The summed E-state index contributed by atoms with van der Waals surface area (Å²) in [6, 6.07) is 12.9. The van der Waals surface area contributed by atoms with Crippen molar-refractivity contribution in [2.24, 2.45) is 0 Å². The molecule has 0 spiro atoms.